The van der Waals surface area contributed by atoms with Gasteiger partial charge in [-0.2, -0.15) is 0 Å². The summed E-state index contributed by atoms with van der Waals surface area (Å²) in [7, 11) is 1.60. The second-order valence-corrected chi connectivity index (χ2v) is 5.10. The van der Waals surface area contributed by atoms with Crippen LogP contribution in [-0.2, 0) is 4.74 Å². The largest absolute Gasteiger partial charge is 0.492 e. The lowest BCUT2D eigenvalue weighted by Gasteiger charge is -2.23. The molecule has 1 atom stereocenters. The van der Waals surface area contributed by atoms with Crippen molar-refractivity contribution in [3.05, 3.63) is 29.8 Å². The SMILES string of the molecule is COCCC(C)(O)CNCCOc1cccc(C(=O)O)c1. The molecule has 0 spiro atoms. The number of carbonyl (C=O) groups is 1. The van der Waals surface area contributed by atoms with E-state index in [0.717, 1.165) is 0 Å². The summed E-state index contributed by atoms with van der Waals surface area (Å²) in [6.07, 6.45) is 0.554. The van der Waals surface area contributed by atoms with Gasteiger partial charge in [-0.25, -0.2) is 4.79 Å². The summed E-state index contributed by atoms with van der Waals surface area (Å²) in [5.41, 5.74) is -0.623. The van der Waals surface area contributed by atoms with Crippen LogP contribution < -0.4 is 10.1 Å². The van der Waals surface area contributed by atoms with E-state index in [0.29, 0.717) is 38.5 Å². The molecule has 1 rings (SSSR count). The third-order valence-corrected chi connectivity index (χ3v) is 2.98. The Bertz CT molecular complexity index is 447. The molecule has 0 aromatic heterocycles. The molecule has 0 aliphatic heterocycles. The number of hydrogen-bond acceptors (Lipinski definition) is 5. The molecular weight excluding hydrogens is 274 g/mol. The fourth-order valence-corrected chi connectivity index (χ4v) is 1.73. The Labute approximate surface area is 124 Å². The van der Waals surface area contributed by atoms with Crippen molar-refractivity contribution < 1.29 is 24.5 Å². The van der Waals surface area contributed by atoms with Gasteiger partial charge in [0, 0.05) is 33.2 Å². The van der Waals surface area contributed by atoms with Crippen LogP contribution in [0.1, 0.15) is 23.7 Å². The van der Waals surface area contributed by atoms with Crippen molar-refractivity contribution in [1.29, 1.82) is 0 Å². The minimum absolute atomic E-state index is 0.197. The van der Waals surface area contributed by atoms with Crippen molar-refractivity contribution in [3.63, 3.8) is 0 Å². The molecular formula is C15H23NO5. The van der Waals surface area contributed by atoms with Gasteiger partial charge in [0.25, 0.3) is 0 Å². The highest BCUT2D eigenvalue weighted by Crippen LogP contribution is 2.13. The summed E-state index contributed by atoms with van der Waals surface area (Å²) in [5, 5.41) is 22.0. The van der Waals surface area contributed by atoms with Crippen LogP contribution in [0.15, 0.2) is 24.3 Å². The van der Waals surface area contributed by atoms with Crippen LogP contribution >= 0.6 is 0 Å². The Hall–Kier alpha value is -1.63. The van der Waals surface area contributed by atoms with E-state index in [1.165, 1.54) is 12.1 Å². The summed E-state index contributed by atoms with van der Waals surface area (Å²) in [4.78, 5) is 10.8. The van der Waals surface area contributed by atoms with E-state index in [9.17, 15) is 9.90 Å². The van der Waals surface area contributed by atoms with Crippen molar-refractivity contribution in [1.82, 2.24) is 5.32 Å². The van der Waals surface area contributed by atoms with Gasteiger partial charge >= 0.3 is 5.97 Å². The molecule has 6 heteroatoms. The Kier molecular flexibility index (Phi) is 7.14. The van der Waals surface area contributed by atoms with E-state index in [-0.39, 0.29) is 5.56 Å². The van der Waals surface area contributed by atoms with Gasteiger partial charge in [0.1, 0.15) is 12.4 Å². The topological polar surface area (TPSA) is 88.0 Å². The Balaban J connectivity index is 2.25. The van der Waals surface area contributed by atoms with Gasteiger partial charge in [-0.3, -0.25) is 0 Å². The maximum atomic E-state index is 10.8. The van der Waals surface area contributed by atoms with Gasteiger partial charge < -0.3 is 25.0 Å². The van der Waals surface area contributed by atoms with Crippen LogP contribution in [0.4, 0.5) is 0 Å². The molecule has 0 amide bonds. The first-order valence-corrected chi connectivity index (χ1v) is 6.83. The standard InChI is InChI=1S/C15H23NO5/c1-15(19,6-8-20-2)11-16-7-9-21-13-5-3-4-12(10-13)14(17)18/h3-5,10,16,19H,6-9,11H2,1-2H3,(H,17,18). The van der Waals surface area contributed by atoms with E-state index in [1.54, 1.807) is 26.2 Å². The molecule has 1 aromatic carbocycles. The van der Waals surface area contributed by atoms with E-state index in [2.05, 4.69) is 5.32 Å². The van der Waals surface area contributed by atoms with Crippen LogP contribution in [0.3, 0.4) is 0 Å². The van der Waals surface area contributed by atoms with E-state index in [1.807, 2.05) is 0 Å². The zero-order valence-corrected chi connectivity index (χ0v) is 12.5. The summed E-state index contributed by atoms with van der Waals surface area (Å²) >= 11 is 0. The number of hydrogen-bond donors (Lipinski definition) is 3. The molecule has 0 saturated carbocycles. The molecule has 0 heterocycles. The number of methoxy groups -OCH3 is 1. The van der Waals surface area contributed by atoms with Crippen molar-refractivity contribution in [2.75, 3.05) is 33.4 Å². The third kappa shape index (κ3) is 7.08. The van der Waals surface area contributed by atoms with Gasteiger partial charge in [0.2, 0.25) is 0 Å². The van der Waals surface area contributed by atoms with Gasteiger partial charge in [-0.15, -0.1) is 0 Å². The summed E-state index contributed by atoms with van der Waals surface area (Å²) in [6.45, 7) is 3.64. The molecule has 0 radical (unpaired) electrons. The molecule has 0 fully saturated rings. The zero-order valence-electron chi connectivity index (χ0n) is 12.5. The lowest BCUT2D eigenvalue weighted by Crippen LogP contribution is -2.40. The van der Waals surface area contributed by atoms with Crippen LogP contribution in [-0.4, -0.2) is 55.2 Å². The smallest absolute Gasteiger partial charge is 0.335 e. The van der Waals surface area contributed by atoms with E-state index >= 15 is 0 Å². The monoisotopic (exact) mass is 297 g/mol. The first-order chi connectivity index (χ1) is 9.94. The van der Waals surface area contributed by atoms with Crippen molar-refractivity contribution in [2.24, 2.45) is 0 Å². The Morgan fingerprint density at radius 3 is 2.81 bits per heavy atom. The number of aromatic carboxylic acids is 1. The molecule has 21 heavy (non-hydrogen) atoms. The molecule has 118 valence electrons. The van der Waals surface area contributed by atoms with Gasteiger partial charge in [-0.1, -0.05) is 6.07 Å². The predicted octanol–water partition coefficient (Wildman–Crippen LogP) is 1.14. The minimum atomic E-state index is -0.979. The van der Waals surface area contributed by atoms with Crippen LogP contribution in [0.25, 0.3) is 0 Å². The molecule has 1 unspecified atom stereocenters. The number of benzene rings is 1. The maximum absolute atomic E-state index is 10.8. The van der Waals surface area contributed by atoms with Gasteiger partial charge in [0.05, 0.1) is 11.2 Å². The zero-order chi connectivity index (χ0) is 15.7. The summed E-state index contributed by atoms with van der Waals surface area (Å²) < 4.78 is 10.4. The number of rotatable bonds is 10. The summed E-state index contributed by atoms with van der Waals surface area (Å²) in [5.74, 6) is -0.462. The van der Waals surface area contributed by atoms with Crippen LogP contribution in [0.5, 0.6) is 5.75 Å². The Morgan fingerprint density at radius 1 is 1.38 bits per heavy atom. The second-order valence-electron chi connectivity index (χ2n) is 5.10. The van der Waals surface area contributed by atoms with Crippen molar-refractivity contribution in [2.45, 2.75) is 18.9 Å². The molecule has 0 aliphatic rings. The predicted molar refractivity (Wildman–Crippen MR) is 78.9 cm³/mol. The molecule has 3 N–H and O–H groups in total. The second kappa shape index (κ2) is 8.61. The molecule has 6 nitrogen and oxygen atoms in total. The quantitative estimate of drug-likeness (QED) is 0.561. The lowest BCUT2D eigenvalue weighted by molar-refractivity contribution is 0.0245. The normalized spacial score (nSPS) is 13.7. The van der Waals surface area contributed by atoms with Crippen molar-refractivity contribution >= 4 is 5.97 Å². The average molecular weight is 297 g/mol. The molecule has 0 bridgehead atoms. The fraction of sp³-hybridized carbons (Fsp3) is 0.533. The minimum Gasteiger partial charge on any atom is -0.492 e. The van der Waals surface area contributed by atoms with Gasteiger partial charge in [-0.05, 0) is 25.1 Å². The highest BCUT2D eigenvalue weighted by atomic mass is 16.5. The third-order valence-electron chi connectivity index (χ3n) is 2.98. The highest BCUT2D eigenvalue weighted by molar-refractivity contribution is 5.87. The fourth-order valence-electron chi connectivity index (χ4n) is 1.73. The van der Waals surface area contributed by atoms with E-state index < -0.39 is 11.6 Å². The molecule has 1 aromatic rings. The van der Waals surface area contributed by atoms with Crippen LogP contribution in [0, 0.1) is 0 Å². The Morgan fingerprint density at radius 2 is 2.14 bits per heavy atom. The first-order valence-electron chi connectivity index (χ1n) is 6.83. The molecule has 0 aliphatic carbocycles. The van der Waals surface area contributed by atoms with Crippen molar-refractivity contribution in [3.8, 4) is 5.75 Å². The van der Waals surface area contributed by atoms with Gasteiger partial charge in [0.15, 0.2) is 0 Å². The number of aliphatic hydroxyl groups is 1. The average Bonchev–Trinajstić information content (AvgIpc) is 2.45. The van der Waals surface area contributed by atoms with E-state index in [4.69, 9.17) is 14.6 Å². The maximum Gasteiger partial charge on any atom is 0.335 e. The number of ether oxygens (including phenoxy) is 2. The summed E-state index contributed by atoms with van der Waals surface area (Å²) in [6, 6.07) is 6.35. The molecule has 0 saturated heterocycles. The number of carboxylic acids is 1. The first kappa shape index (κ1) is 17.4. The number of carboxylic acid groups (broad SMARTS) is 1. The van der Waals surface area contributed by atoms with Crippen LogP contribution in [0.2, 0.25) is 0 Å². The highest BCUT2D eigenvalue weighted by Gasteiger charge is 2.18. The number of nitrogens with one attached hydrogen (secondary N) is 1. The lowest BCUT2D eigenvalue weighted by atomic mass is 10.0.